The molecule has 1 atom stereocenters. The van der Waals surface area contributed by atoms with Gasteiger partial charge in [0.05, 0.1) is 18.8 Å². The van der Waals surface area contributed by atoms with Crippen LogP contribution in [0.4, 0.5) is 5.69 Å². The van der Waals surface area contributed by atoms with Crippen LogP contribution >= 0.6 is 0 Å². The summed E-state index contributed by atoms with van der Waals surface area (Å²) in [6.45, 7) is 9.08. The Bertz CT molecular complexity index is 409. The summed E-state index contributed by atoms with van der Waals surface area (Å²) < 4.78 is 11.3. The molecule has 1 aliphatic rings. The Hall–Kier alpha value is -1.26. The molecule has 0 radical (unpaired) electrons. The molecular formula is C16H26N2O2. The lowest BCUT2D eigenvalue weighted by atomic mass is 10.1. The molecule has 0 aromatic heterocycles. The van der Waals surface area contributed by atoms with E-state index in [0.29, 0.717) is 5.92 Å². The summed E-state index contributed by atoms with van der Waals surface area (Å²) in [5, 5.41) is 3.44. The van der Waals surface area contributed by atoms with Crippen molar-refractivity contribution in [3.63, 3.8) is 0 Å². The monoisotopic (exact) mass is 278 g/mol. The van der Waals surface area contributed by atoms with E-state index in [-0.39, 0.29) is 6.10 Å². The third kappa shape index (κ3) is 4.39. The highest BCUT2D eigenvalue weighted by Gasteiger charge is 2.21. The van der Waals surface area contributed by atoms with E-state index in [9.17, 15) is 0 Å². The second kappa shape index (κ2) is 7.50. The quantitative estimate of drug-likeness (QED) is 0.831. The van der Waals surface area contributed by atoms with E-state index in [2.05, 4.69) is 30.1 Å². The van der Waals surface area contributed by atoms with Gasteiger partial charge in [0.15, 0.2) is 0 Å². The van der Waals surface area contributed by atoms with Crippen molar-refractivity contribution >= 4 is 5.69 Å². The molecule has 0 saturated carbocycles. The predicted octanol–water partition coefficient (Wildman–Crippen LogP) is 2.46. The zero-order chi connectivity index (χ0) is 14.4. The number of fused-ring (bicyclic) bond motifs is 1. The van der Waals surface area contributed by atoms with Crippen LogP contribution in [0.3, 0.4) is 0 Å². The van der Waals surface area contributed by atoms with Crippen molar-refractivity contribution < 1.29 is 9.47 Å². The fourth-order valence-corrected chi connectivity index (χ4v) is 2.54. The molecule has 1 heterocycles. The molecule has 1 unspecified atom stereocenters. The Morgan fingerprint density at radius 2 is 2.20 bits per heavy atom. The molecule has 0 fully saturated rings. The van der Waals surface area contributed by atoms with Gasteiger partial charge in [-0.25, -0.2) is 0 Å². The lowest BCUT2D eigenvalue weighted by Gasteiger charge is -2.32. The van der Waals surface area contributed by atoms with E-state index in [1.807, 2.05) is 18.2 Å². The zero-order valence-electron chi connectivity index (χ0n) is 12.8. The lowest BCUT2D eigenvalue weighted by Crippen LogP contribution is -2.44. The van der Waals surface area contributed by atoms with Gasteiger partial charge in [-0.3, -0.25) is 4.90 Å². The van der Waals surface area contributed by atoms with Gasteiger partial charge in [-0.05, 0) is 18.1 Å². The summed E-state index contributed by atoms with van der Waals surface area (Å²) in [5.74, 6) is 1.61. The van der Waals surface area contributed by atoms with E-state index in [0.717, 1.165) is 44.2 Å². The van der Waals surface area contributed by atoms with Crippen molar-refractivity contribution in [3.8, 4) is 5.75 Å². The number of hydrogen-bond acceptors (Lipinski definition) is 4. The Morgan fingerprint density at radius 3 is 2.95 bits per heavy atom. The summed E-state index contributed by atoms with van der Waals surface area (Å²) in [6.07, 6.45) is 0.195. The van der Waals surface area contributed by atoms with Crippen molar-refractivity contribution in [3.05, 3.63) is 24.3 Å². The molecule has 2 rings (SSSR count). The van der Waals surface area contributed by atoms with E-state index in [1.165, 1.54) is 0 Å². The number of rotatable bonds is 7. The number of ether oxygens (including phenoxy) is 2. The fourth-order valence-electron chi connectivity index (χ4n) is 2.54. The molecule has 0 spiro atoms. The van der Waals surface area contributed by atoms with Crippen LogP contribution in [0.25, 0.3) is 0 Å². The topological polar surface area (TPSA) is 33.7 Å². The molecule has 4 heteroatoms. The number of methoxy groups -OCH3 is 1. The number of benzene rings is 1. The molecule has 0 bridgehead atoms. The summed E-state index contributed by atoms with van der Waals surface area (Å²) >= 11 is 0. The first-order valence-electron chi connectivity index (χ1n) is 7.40. The van der Waals surface area contributed by atoms with Crippen molar-refractivity contribution in [2.24, 2.45) is 5.92 Å². The maximum atomic E-state index is 6.08. The average Bonchev–Trinajstić information content (AvgIpc) is 2.44. The summed E-state index contributed by atoms with van der Waals surface area (Å²) in [4.78, 5) is 2.43. The van der Waals surface area contributed by atoms with Crippen LogP contribution in [0.1, 0.15) is 13.8 Å². The van der Waals surface area contributed by atoms with Gasteiger partial charge in [-0.1, -0.05) is 26.0 Å². The normalized spacial score (nSPS) is 17.8. The second-order valence-electron chi connectivity index (χ2n) is 5.76. The number of para-hydroxylation sites is 2. The Balaban J connectivity index is 1.91. The highest BCUT2D eigenvalue weighted by molar-refractivity contribution is 5.57. The SMILES string of the molecule is COCCN(CC(C)C)CC1CNc2ccccc2O1. The van der Waals surface area contributed by atoms with Gasteiger partial charge in [-0.15, -0.1) is 0 Å². The van der Waals surface area contributed by atoms with Crippen LogP contribution in [0.15, 0.2) is 24.3 Å². The molecule has 20 heavy (non-hydrogen) atoms. The molecule has 1 N–H and O–H groups in total. The molecule has 4 nitrogen and oxygen atoms in total. The first-order chi connectivity index (χ1) is 9.69. The van der Waals surface area contributed by atoms with E-state index in [4.69, 9.17) is 9.47 Å². The second-order valence-corrected chi connectivity index (χ2v) is 5.76. The minimum Gasteiger partial charge on any atom is -0.485 e. The Labute approximate surface area is 122 Å². The van der Waals surface area contributed by atoms with Gasteiger partial charge in [0.1, 0.15) is 11.9 Å². The number of anilines is 1. The third-order valence-corrected chi connectivity index (χ3v) is 3.40. The van der Waals surface area contributed by atoms with Gasteiger partial charge < -0.3 is 14.8 Å². The van der Waals surface area contributed by atoms with Crippen LogP contribution in [0.2, 0.25) is 0 Å². The van der Waals surface area contributed by atoms with Crippen molar-refractivity contribution in [1.29, 1.82) is 0 Å². The largest absolute Gasteiger partial charge is 0.485 e. The number of nitrogens with one attached hydrogen (secondary N) is 1. The molecule has 1 aromatic carbocycles. The van der Waals surface area contributed by atoms with Crippen LogP contribution in [0.5, 0.6) is 5.75 Å². The molecular weight excluding hydrogens is 252 g/mol. The zero-order valence-corrected chi connectivity index (χ0v) is 12.8. The fraction of sp³-hybridized carbons (Fsp3) is 0.625. The van der Waals surface area contributed by atoms with Gasteiger partial charge in [0, 0.05) is 26.7 Å². The first kappa shape index (κ1) is 15.1. The predicted molar refractivity (Wildman–Crippen MR) is 82.5 cm³/mol. The van der Waals surface area contributed by atoms with Crippen molar-refractivity contribution in [1.82, 2.24) is 4.90 Å². The molecule has 0 amide bonds. The summed E-state index contributed by atoms with van der Waals surface area (Å²) in [7, 11) is 1.75. The third-order valence-electron chi connectivity index (χ3n) is 3.40. The van der Waals surface area contributed by atoms with Crippen LogP contribution < -0.4 is 10.1 Å². The van der Waals surface area contributed by atoms with E-state index < -0.39 is 0 Å². The van der Waals surface area contributed by atoms with Gasteiger partial charge in [0.2, 0.25) is 0 Å². The van der Waals surface area contributed by atoms with Gasteiger partial charge in [0.25, 0.3) is 0 Å². The maximum Gasteiger partial charge on any atom is 0.142 e. The standard InChI is InChI=1S/C16H26N2O2/c1-13(2)11-18(8-9-19-3)12-14-10-17-15-6-4-5-7-16(15)20-14/h4-7,13-14,17H,8-12H2,1-3H3. The van der Waals surface area contributed by atoms with Gasteiger partial charge in [-0.2, -0.15) is 0 Å². The molecule has 0 aliphatic carbocycles. The number of hydrogen-bond donors (Lipinski definition) is 1. The first-order valence-corrected chi connectivity index (χ1v) is 7.40. The maximum absolute atomic E-state index is 6.08. The molecule has 112 valence electrons. The van der Waals surface area contributed by atoms with Crippen LogP contribution in [-0.2, 0) is 4.74 Å². The van der Waals surface area contributed by atoms with E-state index in [1.54, 1.807) is 7.11 Å². The van der Waals surface area contributed by atoms with Crippen molar-refractivity contribution in [2.45, 2.75) is 20.0 Å². The van der Waals surface area contributed by atoms with E-state index >= 15 is 0 Å². The average molecular weight is 278 g/mol. The smallest absolute Gasteiger partial charge is 0.142 e. The van der Waals surface area contributed by atoms with Crippen LogP contribution in [0, 0.1) is 5.92 Å². The molecule has 1 aliphatic heterocycles. The Morgan fingerprint density at radius 1 is 1.40 bits per heavy atom. The minimum atomic E-state index is 0.195. The summed E-state index contributed by atoms with van der Waals surface area (Å²) in [5.41, 5.74) is 1.09. The highest BCUT2D eigenvalue weighted by atomic mass is 16.5. The summed E-state index contributed by atoms with van der Waals surface area (Å²) in [6, 6.07) is 8.12. The lowest BCUT2D eigenvalue weighted by molar-refractivity contribution is 0.0966. The molecule has 0 saturated heterocycles. The van der Waals surface area contributed by atoms with Gasteiger partial charge >= 0.3 is 0 Å². The van der Waals surface area contributed by atoms with Crippen LogP contribution in [-0.4, -0.2) is 50.9 Å². The highest BCUT2D eigenvalue weighted by Crippen LogP contribution is 2.28. The number of nitrogens with zero attached hydrogens (tertiary/aromatic N) is 1. The minimum absolute atomic E-state index is 0.195. The molecule has 1 aromatic rings. The van der Waals surface area contributed by atoms with Crippen molar-refractivity contribution in [2.75, 3.05) is 45.2 Å². The Kier molecular flexibility index (Phi) is 5.68.